The van der Waals surface area contributed by atoms with Crippen molar-refractivity contribution in [3.05, 3.63) is 83.0 Å². The highest BCUT2D eigenvalue weighted by molar-refractivity contribution is 6.29. The smallest absolute Gasteiger partial charge is 0.336 e. The molecule has 5 aromatic rings. The van der Waals surface area contributed by atoms with E-state index >= 15 is 0 Å². The number of hydrogen-bond donors (Lipinski definition) is 1. The second-order valence-corrected chi connectivity index (χ2v) is 8.91. The van der Waals surface area contributed by atoms with Crippen molar-refractivity contribution in [2.24, 2.45) is 0 Å². The number of anilines is 1. The van der Waals surface area contributed by atoms with Crippen molar-refractivity contribution >= 4 is 52.0 Å². The van der Waals surface area contributed by atoms with Crippen LogP contribution in [0.2, 0.25) is 5.15 Å². The first-order chi connectivity index (χ1) is 18.1. The molecule has 6 rings (SSSR count). The Bertz CT molecular complexity index is 1660. The van der Waals surface area contributed by atoms with Crippen molar-refractivity contribution in [3.8, 4) is 11.3 Å². The van der Waals surface area contributed by atoms with E-state index in [9.17, 15) is 9.90 Å². The van der Waals surface area contributed by atoms with Crippen molar-refractivity contribution in [2.45, 2.75) is 0 Å². The lowest BCUT2D eigenvalue weighted by molar-refractivity contribution is 0.0699. The highest BCUT2D eigenvalue weighted by Crippen LogP contribution is 2.32. The molecular weight excluding hydrogens is 492 g/mol. The molecule has 4 aromatic heterocycles. The Morgan fingerprint density at radius 3 is 2.68 bits per heavy atom. The molecule has 1 aliphatic heterocycles. The molecule has 1 aromatic carbocycles. The van der Waals surface area contributed by atoms with Gasteiger partial charge in [-0.25, -0.2) is 19.3 Å². The Labute approximate surface area is 216 Å². The maximum atomic E-state index is 11.9. The van der Waals surface area contributed by atoms with E-state index in [0.717, 1.165) is 30.0 Å². The molecule has 10 heteroatoms. The Kier molecular flexibility index (Phi) is 5.99. The van der Waals surface area contributed by atoms with Gasteiger partial charge in [-0.1, -0.05) is 29.8 Å². The fourth-order valence-corrected chi connectivity index (χ4v) is 4.72. The molecular formula is C27H21ClN6O3. The van der Waals surface area contributed by atoms with Crippen molar-refractivity contribution in [1.82, 2.24) is 24.6 Å². The van der Waals surface area contributed by atoms with E-state index < -0.39 is 5.97 Å². The van der Waals surface area contributed by atoms with Crippen molar-refractivity contribution in [3.63, 3.8) is 0 Å². The Balaban J connectivity index is 1.53. The van der Waals surface area contributed by atoms with Crippen LogP contribution in [0.3, 0.4) is 0 Å². The van der Waals surface area contributed by atoms with Gasteiger partial charge in [0.15, 0.2) is 10.8 Å². The molecule has 1 aliphatic rings. The topological polar surface area (TPSA) is 106 Å². The summed E-state index contributed by atoms with van der Waals surface area (Å²) in [6, 6.07) is 14.3. The summed E-state index contributed by atoms with van der Waals surface area (Å²) in [5.74, 6) is -1.01. The number of carbonyl (C=O) groups is 1. The minimum absolute atomic E-state index is 0.191. The molecule has 9 nitrogen and oxygen atoms in total. The minimum atomic E-state index is -1.01. The monoisotopic (exact) mass is 512 g/mol. The third-order valence-corrected chi connectivity index (χ3v) is 6.41. The number of ether oxygens (including phenoxy) is 1. The van der Waals surface area contributed by atoms with Crippen LogP contribution in [0.4, 0.5) is 5.69 Å². The van der Waals surface area contributed by atoms with Crippen LogP contribution in [-0.4, -0.2) is 61.9 Å². The fourth-order valence-electron chi connectivity index (χ4n) is 4.54. The number of imidazole rings is 1. The zero-order valence-corrected chi connectivity index (χ0v) is 20.3. The lowest BCUT2D eigenvalue weighted by atomic mass is 10.1. The molecule has 1 fully saturated rings. The van der Waals surface area contributed by atoms with Gasteiger partial charge in [0.2, 0.25) is 0 Å². The summed E-state index contributed by atoms with van der Waals surface area (Å²) in [5, 5.41) is 15.3. The van der Waals surface area contributed by atoms with Crippen molar-refractivity contribution < 1.29 is 14.6 Å². The van der Waals surface area contributed by atoms with Gasteiger partial charge in [-0.2, -0.15) is 5.10 Å². The Morgan fingerprint density at radius 1 is 1.05 bits per heavy atom. The Morgan fingerprint density at radius 2 is 1.89 bits per heavy atom. The number of hydrogen-bond acceptors (Lipinski definition) is 7. The van der Waals surface area contributed by atoms with Crippen LogP contribution in [0, 0.1) is 0 Å². The minimum Gasteiger partial charge on any atom is -0.478 e. The number of pyridine rings is 2. The molecule has 0 spiro atoms. The zero-order valence-electron chi connectivity index (χ0n) is 19.6. The van der Waals surface area contributed by atoms with Crippen LogP contribution in [0.5, 0.6) is 0 Å². The standard InChI is InChI=1S/C27H21ClN6O3/c28-24-15-23(33-10-12-37-13-11-33)26-31-22(25(34(26)32-24)17-4-3-9-29-16-17)8-7-18-14-20(27(35)36)19-5-1-2-6-21(19)30-18/h1-9,14-16H,10-13H2,(H,35,36)/b8-7+. The van der Waals surface area contributed by atoms with E-state index in [4.69, 9.17) is 21.3 Å². The van der Waals surface area contributed by atoms with Gasteiger partial charge in [-0.3, -0.25) is 4.98 Å². The first-order valence-corrected chi connectivity index (χ1v) is 12.1. The van der Waals surface area contributed by atoms with Gasteiger partial charge in [0.1, 0.15) is 5.69 Å². The maximum Gasteiger partial charge on any atom is 0.336 e. The second kappa shape index (κ2) is 9.61. The Hall–Kier alpha value is -4.34. The highest BCUT2D eigenvalue weighted by atomic mass is 35.5. The van der Waals surface area contributed by atoms with Gasteiger partial charge < -0.3 is 14.7 Å². The maximum absolute atomic E-state index is 11.9. The number of rotatable bonds is 5. The van der Waals surface area contributed by atoms with E-state index in [1.54, 1.807) is 47.3 Å². The van der Waals surface area contributed by atoms with E-state index in [0.29, 0.717) is 46.3 Å². The van der Waals surface area contributed by atoms with Gasteiger partial charge in [-0.05, 0) is 36.4 Å². The van der Waals surface area contributed by atoms with E-state index in [1.807, 2.05) is 30.3 Å². The molecule has 1 N–H and O–H groups in total. The lowest BCUT2D eigenvalue weighted by Gasteiger charge is -2.28. The summed E-state index contributed by atoms with van der Waals surface area (Å²) in [7, 11) is 0. The first-order valence-electron chi connectivity index (χ1n) is 11.7. The predicted molar refractivity (Wildman–Crippen MR) is 142 cm³/mol. The molecule has 184 valence electrons. The third-order valence-electron chi connectivity index (χ3n) is 6.23. The summed E-state index contributed by atoms with van der Waals surface area (Å²) in [4.78, 5) is 27.9. The van der Waals surface area contributed by atoms with E-state index in [1.165, 1.54) is 0 Å². The number of aromatic nitrogens is 5. The largest absolute Gasteiger partial charge is 0.478 e. The molecule has 0 radical (unpaired) electrons. The molecule has 0 saturated carbocycles. The zero-order chi connectivity index (χ0) is 25.4. The summed E-state index contributed by atoms with van der Waals surface area (Å²) in [6.45, 7) is 2.67. The predicted octanol–water partition coefficient (Wildman–Crippen LogP) is 4.70. The van der Waals surface area contributed by atoms with Crippen LogP contribution < -0.4 is 4.90 Å². The number of fused-ring (bicyclic) bond motifs is 2. The van der Waals surface area contributed by atoms with Crippen LogP contribution in [0.1, 0.15) is 21.7 Å². The van der Waals surface area contributed by atoms with Crippen molar-refractivity contribution in [1.29, 1.82) is 0 Å². The van der Waals surface area contributed by atoms with E-state index in [-0.39, 0.29) is 5.56 Å². The second-order valence-electron chi connectivity index (χ2n) is 8.52. The third kappa shape index (κ3) is 4.39. The number of carboxylic acid groups (broad SMARTS) is 1. The average molecular weight is 513 g/mol. The van der Waals surface area contributed by atoms with Gasteiger partial charge in [-0.15, -0.1) is 0 Å². The number of benzene rings is 1. The van der Waals surface area contributed by atoms with Gasteiger partial charge in [0.25, 0.3) is 0 Å². The van der Waals surface area contributed by atoms with Gasteiger partial charge >= 0.3 is 5.97 Å². The van der Waals surface area contributed by atoms with Crippen LogP contribution in [-0.2, 0) is 4.74 Å². The van der Waals surface area contributed by atoms with Crippen LogP contribution >= 0.6 is 11.6 Å². The van der Waals surface area contributed by atoms with Crippen LogP contribution in [0.15, 0.2) is 60.9 Å². The number of nitrogens with zero attached hydrogens (tertiary/aromatic N) is 6. The summed E-state index contributed by atoms with van der Waals surface area (Å²) >= 11 is 6.47. The molecule has 0 aliphatic carbocycles. The van der Waals surface area contributed by atoms with Gasteiger partial charge in [0.05, 0.1) is 41.4 Å². The number of para-hydroxylation sites is 1. The SMILES string of the molecule is O=C(O)c1cc(/C=C/c2nc3c(N4CCOCC4)cc(Cl)nn3c2-c2cccnc2)nc2ccccc12. The lowest BCUT2D eigenvalue weighted by Crippen LogP contribution is -2.36. The molecule has 1 saturated heterocycles. The summed E-state index contributed by atoms with van der Waals surface area (Å²) < 4.78 is 7.26. The van der Waals surface area contributed by atoms with E-state index in [2.05, 4.69) is 20.0 Å². The molecule has 0 atom stereocenters. The highest BCUT2D eigenvalue weighted by Gasteiger charge is 2.22. The number of halogens is 1. The summed E-state index contributed by atoms with van der Waals surface area (Å²) in [6.07, 6.45) is 7.02. The molecule has 37 heavy (non-hydrogen) atoms. The number of carboxylic acids is 1. The average Bonchev–Trinajstić information content (AvgIpc) is 3.30. The first kappa shape index (κ1) is 23.1. The molecule has 0 amide bonds. The van der Waals surface area contributed by atoms with Crippen molar-refractivity contribution in [2.75, 3.05) is 31.2 Å². The fraction of sp³-hybridized carbons (Fsp3) is 0.148. The van der Waals surface area contributed by atoms with Gasteiger partial charge in [0, 0.05) is 42.5 Å². The number of morpholine rings is 1. The molecule has 0 unspecified atom stereocenters. The normalized spacial score (nSPS) is 14.1. The quantitative estimate of drug-likeness (QED) is 0.361. The molecule has 5 heterocycles. The number of aromatic carboxylic acids is 1. The summed E-state index contributed by atoms with van der Waals surface area (Å²) in [5.41, 5.74) is 4.98. The van der Waals surface area contributed by atoms with Crippen LogP contribution in [0.25, 0.3) is 40.0 Å². The molecule has 0 bridgehead atoms.